The van der Waals surface area contributed by atoms with Gasteiger partial charge in [-0.25, -0.2) is 0 Å². The largest absolute Gasteiger partial charge is 0.479 e. The third-order valence-electron chi connectivity index (χ3n) is 2.45. The summed E-state index contributed by atoms with van der Waals surface area (Å²) in [6.07, 6.45) is 0.278. The fourth-order valence-electron chi connectivity index (χ4n) is 1.63. The number of benzene rings is 1. The normalized spacial score (nSPS) is 14.3. The van der Waals surface area contributed by atoms with Crippen LogP contribution in [-0.4, -0.2) is 30.6 Å². The predicted octanol–water partition coefficient (Wildman–Crippen LogP) is 2.80. The molecule has 0 radical (unpaired) electrons. The van der Waals surface area contributed by atoms with Crippen LogP contribution in [0.2, 0.25) is 0 Å². The predicted molar refractivity (Wildman–Crippen MR) is 70.0 cm³/mol. The molecule has 1 aromatic carbocycles. The van der Waals surface area contributed by atoms with Crippen LogP contribution in [0.25, 0.3) is 0 Å². The van der Waals surface area contributed by atoms with E-state index in [-0.39, 0.29) is 12.2 Å². The Bertz CT molecular complexity index is 426. The number of ketones is 1. The van der Waals surface area contributed by atoms with Gasteiger partial charge < -0.3 is 4.74 Å². The summed E-state index contributed by atoms with van der Waals surface area (Å²) in [6, 6.07) is 7.71. The van der Waals surface area contributed by atoms with Crippen molar-refractivity contribution in [1.29, 1.82) is 0 Å². The van der Waals surface area contributed by atoms with Gasteiger partial charge in [-0.1, -0.05) is 19.1 Å². The first-order valence-electron chi connectivity index (χ1n) is 5.72. The van der Waals surface area contributed by atoms with Gasteiger partial charge in [0.05, 0.1) is 13.0 Å². The highest BCUT2D eigenvalue weighted by Crippen LogP contribution is 2.18. The van der Waals surface area contributed by atoms with Crippen LogP contribution in [0.15, 0.2) is 34.2 Å². The number of hydrogen-bond donors (Lipinski definition) is 0. The van der Waals surface area contributed by atoms with Crippen LogP contribution in [0.3, 0.4) is 0 Å². The van der Waals surface area contributed by atoms with Crippen LogP contribution >= 0.6 is 11.8 Å². The molecule has 0 aromatic heterocycles. The molecule has 0 saturated carbocycles. The standard InChI is InChI=1S/C13H15NO2S/c1-2-17-11-5-3-10(4-6-11)12(15)9-13-14-7-8-16-13/h3-6H,2,7-9H2,1H3. The third-order valence-corrected chi connectivity index (χ3v) is 3.34. The SMILES string of the molecule is CCSc1ccc(C(=O)CC2=NCCO2)cc1. The summed E-state index contributed by atoms with van der Waals surface area (Å²) in [6.45, 7) is 3.39. The van der Waals surface area contributed by atoms with Gasteiger partial charge in [0, 0.05) is 10.5 Å². The van der Waals surface area contributed by atoms with E-state index in [1.54, 1.807) is 11.8 Å². The molecular formula is C13H15NO2S. The van der Waals surface area contributed by atoms with Crippen LogP contribution in [0, 0.1) is 0 Å². The number of rotatable bonds is 5. The second-order valence-electron chi connectivity index (χ2n) is 3.68. The fraction of sp³-hybridized carbons (Fsp3) is 0.385. The number of thioether (sulfide) groups is 1. The van der Waals surface area contributed by atoms with E-state index in [1.165, 1.54) is 4.90 Å². The topological polar surface area (TPSA) is 38.7 Å². The van der Waals surface area contributed by atoms with Crippen molar-refractivity contribution in [3.8, 4) is 0 Å². The molecule has 1 heterocycles. The fourth-order valence-corrected chi connectivity index (χ4v) is 2.29. The van der Waals surface area contributed by atoms with Crippen LogP contribution in [-0.2, 0) is 4.74 Å². The zero-order valence-electron chi connectivity index (χ0n) is 9.81. The van der Waals surface area contributed by atoms with E-state index in [9.17, 15) is 4.79 Å². The Kier molecular flexibility index (Phi) is 4.20. The average Bonchev–Trinajstić information content (AvgIpc) is 2.83. The minimum absolute atomic E-state index is 0.0682. The van der Waals surface area contributed by atoms with E-state index in [2.05, 4.69) is 11.9 Å². The molecule has 0 aliphatic carbocycles. The van der Waals surface area contributed by atoms with Crippen molar-refractivity contribution >= 4 is 23.4 Å². The van der Waals surface area contributed by atoms with Crippen LogP contribution < -0.4 is 0 Å². The van der Waals surface area contributed by atoms with Crippen LogP contribution in [0.5, 0.6) is 0 Å². The summed E-state index contributed by atoms with van der Waals surface area (Å²) in [4.78, 5) is 17.2. The summed E-state index contributed by atoms with van der Waals surface area (Å²) in [5.41, 5.74) is 0.726. The van der Waals surface area contributed by atoms with Gasteiger partial charge in [0.2, 0.25) is 0 Å². The summed E-state index contributed by atoms with van der Waals surface area (Å²) < 4.78 is 5.23. The Labute approximate surface area is 105 Å². The Morgan fingerprint density at radius 3 is 2.76 bits per heavy atom. The molecule has 3 nitrogen and oxygen atoms in total. The van der Waals surface area contributed by atoms with E-state index >= 15 is 0 Å². The number of hydrogen-bond acceptors (Lipinski definition) is 4. The van der Waals surface area contributed by atoms with E-state index < -0.39 is 0 Å². The molecule has 0 atom stereocenters. The highest BCUT2D eigenvalue weighted by Gasteiger charge is 2.14. The Morgan fingerprint density at radius 2 is 2.18 bits per heavy atom. The summed E-state index contributed by atoms with van der Waals surface area (Å²) >= 11 is 1.77. The second-order valence-corrected chi connectivity index (χ2v) is 5.02. The van der Waals surface area contributed by atoms with Gasteiger partial charge in [-0.15, -0.1) is 11.8 Å². The van der Waals surface area contributed by atoms with Crippen molar-refractivity contribution in [3.63, 3.8) is 0 Å². The van der Waals surface area contributed by atoms with Gasteiger partial charge >= 0.3 is 0 Å². The number of aliphatic imine (C=N–C) groups is 1. The molecule has 0 saturated heterocycles. The Morgan fingerprint density at radius 1 is 1.41 bits per heavy atom. The number of nitrogens with zero attached hydrogens (tertiary/aromatic N) is 1. The zero-order chi connectivity index (χ0) is 12.1. The maximum atomic E-state index is 11.9. The van der Waals surface area contributed by atoms with Crippen LogP contribution in [0.1, 0.15) is 23.7 Å². The van der Waals surface area contributed by atoms with Gasteiger partial charge in [0.25, 0.3) is 0 Å². The molecule has 0 spiro atoms. The molecule has 1 aliphatic rings. The van der Waals surface area contributed by atoms with E-state index in [1.807, 2.05) is 24.3 Å². The van der Waals surface area contributed by atoms with Crippen molar-refractivity contribution in [2.24, 2.45) is 4.99 Å². The van der Waals surface area contributed by atoms with Gasteiger partial charge in [0.1, 0.15) is 6.61 Å². The summed E-state index contributed by atoms with van der Waals surface area (Å²) in [5.74, 6) is 1.68. The Balaban J connectivity index is 1.98. The first-order chi connectivity index (χ1) is 8.29. The number of carbonyl (C=O) groups excluding carboxylic acids is 1. The van der Waals surface area contributed by atoms with Crippen molar-refractivity contribution in [3.05, 3.63) is 29.8 Å². The minimum atomic E-state index is 0.0682. The smallest absolute Gasteiger partial charge is 0.191 e. The van der Waals surface area contributed by atoms with Crippen molar-refractivity contribution in [2.75, 3.05) is 18.9 Å². The maximum absolute atomic E-state index is 11.9. The molecule has 0 N–H and O–H groups in total. The van der Waals surface area contributed by atoms with E-state index in [0.717, 1.165) is 11.3 Å². The number of Topliss-reactive ketones (excluding diaryl/α,β-unsaturated/α-hetero) is 1. The summed E-state index contributed by atoms with van der Waals surface area (Å²) in [7, 11) is 0. The van der Waals surface area contributed by atoms with E-state index in [0.29, 0.717) is 19.0 Å². The molecule has 0 amide bonds. The maximum Gasteiger partial charge on any atom is 0.191 e. The molecule has 2 rings (SSSR count). The molecule has 17 heavy (non-hydrogen) atoms. The van der Waals surface area contributed by atoms with Crippen molar-refractivity contribution in [2.45, 2.75) is 18.2 Å². The molecule has 1 aliphatic heterocycles. The van der Waals surface area contributed by atoms with Gasteiger partial charge in [0.15, 0.2) is 11.7 Å². The number of ether oxygens (including phenoxy) is 1. The Hall–Kier alpha value is -1.29. The zero-order valence-corrected chi connectivity index (χ0v) is 10.6. The van der Waals surface area contributed by atoms with Crippen LogP contribution in [0.4, 0.5) is 0 Å². The lowest BCUT2D eigenvalue weighted by Crippen LogP contribution is -2.08. The van der Waals surface area contributed by atoms with Gasteiger partial charge in [-0.2, -0.15) is 0 Å². The second kappa shape index (κ2) is 5.87. The lowest BCUT2D eigenvalue weighted by Gasteiger charge is -2.03. The first kappa shape index (κ1) is 12.2. The van der Waals surface area contributed by atoms with Crippen molar-refractivity contribution in [1.82, 2.24) is 0 Å². The molecule has 1 aromatic rings. The average molecular weight is 249 g/mol. The molecular weight excluding hydrogens is 234 g/mol. The molecule has 0 bridgehead atoms. The quantitative estimate of drug-likeness (QED) is 0.595. The highest BCUT2D eigenvalue weighted by molar-refractivity contribution is 7.99. The number of carbonyl (C=O) groups is 1. The minimum Gasteiger partial charge on any atom is -0.479 e. The highest BCUT2D eigenvalue weighted by atomic mass is 32.2. The van der Waals surface area contributed by atoms with Gasteiger partial charge in [-0.05, 0) is 17.9 Å². The van der Waals surface area contributed by atoms with Crippen molar-refractivity contribution < 1.29 is 9.53 Å². The third kappa shape index (κ3) is 3.33. The lowest BCUT2D eigenvalue weighted by molar-refractivity contribution is 0.0994. The lowest BCUT2D eigenvalue weighted by atomic mass is 10.1. The molecule has 90 valence electrons. The summed E-state index contributed by atoms with van der Waals surface area (Å²) in [5, 5.41) is 0. The van der Waals surface area contributed by atoms with E-state index in [4.69, 9.17) is 4.74 Å². The molecule has 0 fully saturated rings. The molecule has 4 heteroatoms. The first-order valence-corrected chi connectivity index (χ1v) is 6.70. The monoisotopic (exact) mass is 249 g/mol. The van der Waals surface area contributed by atoms with Gasteiger partial charge in [-0.3, -0.25) is 9.79 Å². The molecule has 0 unspecified atom stereocenters.